The maximum atomic E-state index is 11.2. The smallest absolute Gasteiger partial charge is 0.326 e. The lowest BCUT2D eigenvalue weighted by Crippen LogP contribution is -2.40. The molecular formula is C10H17NO5. The number of hydrogen-bond donors (Lipinski definition) is 3. The highest BCUT2D eigenvalue weighted by molar-refractivity contribution is 5.83. The number of carboxylic acid groups (broad SMARTS) is 2. The summed E-state index contributed by atoms with van der Waals surface area (Å²) in [6.45, 7) is 1.82. The van der Waals surface area contributed by atoms with Crippen LogP contribution in [-0.2, 0) is 14.4 Å². The molecule has 0 saturated heterocycles. The fourth-order valence-electron chi connectivity index (χ4n) is 1.21. The molecule has 6 nitrogen and oxygen atoms in total. The van der Waals surface area contributed by atoms with E-state index in [4.69, 9.17) is 10.2 Å². The van der Waals surface area contributed by atoms with Crippen molar-refractivity contribution in [3.63, 3.8) is 0 Å². The lowest BCUT2D eigenvalue weighted by molar-refractivity contribution is -0.142. The van der Waals surface area contributed by atoms with Gasteiger partial charge in [0.25, 0.3) is 0 Å². The van der Waals surface area contributed by atoms with Crippen LogP contribution in [-0.4, -0.2) is 34.1 Å². The van der Waals surface area contributed by atoms with Crippen molar-refractivity contribution >= 4 is 17.8 Å². The number of amides is 1. The quantitative estimate of drug-likeness (QED) is 0.567. The Bertz CT molecular complexity index is 264. The summed E-state index contributed by atoms with van der Waals surface area (Å²) in [4.78, 5) is 32.2. The molecule has 0 aliphatic heterocycles. The van der Waals surface area contributed by atoms with Gasteiger partial charge in [-0.2, -0.15) is 0 Å². The van der Waals surface area contributed by atoms with Gasteiger partial charge in [0.05, 0.1) is 0 Å². The number of aliphatic carboxylic acids is 2. The average Bonchev–Trinajstić information content (AvgIpc) is 2.15. The minimum atomic E-state index is -1.13. The predicted octanol–water partition coefficient (Wildman–Crippen LogP) is 0.611. The van der Waals surface area contributed by atoms with Crippen LogP contribution in [0.4, 0.5) is 0 Å². The van der Waals surface area contributed by atoms with Gasteiger partial charge in [0.15, 0.2) is 0 Å². The second-order valence-electron chi connectivity index (χ2n) is 3.49. The number of carboxylic acids is 2. The molecule has 0 radical (unpaired) electrons. The van der Waals surface area contributed by atoms with Gasteiger partial charge in [-0.15, -0.1) is 0 Å². The fraction of sp³-hybridized carbons (Fsp3) is 0.700. The summed E-state index contributed by atoms with van der Waals surface area (Å²) in [7, 11) is 0. The van der Waals surface area contributed by atoms with Crippen LogP contribution in [0.5, 0.6) is 0 Å². The van der Waals surface area contributed by atoms with Crippen molar-refractivity contribution in [1.82, 2.24) is 5.32 Å². The molecule has 0 aromatic carbocycles. The highest BCUT2D eigenvalue weighted by Gasteiger charge is 2.19. The van der Waals surface area contributed by atoms with Gasteiger partial charge in [-0.05, 0) is 19.3 Å². The van der Waals surface area contributed by atoms with Crippen molar-refractivity contribution in [2.75, 3.05) is 0 Å². The van der Waals surface area contributed by atoms with Gasteiger partial charge in [0, 0.05) is 12.8 Å². The molecule has 3 N–H and O–H groups in total. The first kappa shape index (κ1) is 14.4. The molecule has 0 aliphatic carbocycles. The van der Waals surface area contributed by atoms with Crippen molar-refractivity contribution in [2.45, 2.75) is 45.1 Å². The van der Waals surface area contributed by atoms with Gasteiger partial charge in [-0.3, -0.25) is 9.59 Å². The van der Waals surface area contributed by atoms with Crippen molar-refractivity contribution in [2.24, 2.45) is 0 Å². The molecule has 0 unspecified atom stereocenters. The highest BCUT2D eigenvalue weighted by Crippen LogP contribution is 2.02. The van der Waals surface area contributed by atoms with E-state index in [1.807, 2.05) is 6.92 Å². The summed E-state index contributed by atoms with van der Waals surface area (Å²) in [5.74, 6) is -2.41. The van der Waals surface area contributed by atoms with Crippen LogP contribution in [0.3, 0.4) is 0 Å². The SMILES string of the molecule is CCCC(=O)N[C@H](CCCC(=O)O)C(=O)O. The second-order valence-corrected chi connectivity index (χ2v) is 3.49. The van der Waals surface area contributed by atoms with Crippen molar-refractivity contribution in [1.29, 1.82) is 0 Å². The molecule has 92 valence electrons. The molecule has 0 aromatic heterocycles. The second kappa shape index (κ2) is 7.67. The van der Waals surface area contributed by atoms with Crippen LogP contribution in [0.15, 0.2) is 0 Å². The van der Waals surface area contributed by atoms with Crippen molar-refractivity contribution in [3.05, 3.63) is 0 Å². The molecule has 6 heteroatoms. The first-order valence-corrected chi connectivity index (χ1v) is 5.21. The third-order valence-electron chi connectivity index (χ3n) is 1.99. The molecule has 1 atom stereocenters. The zero-order valence-corrected chi connectivity index (χ0v) is 9.23. The lowest BCUT2D eigenvalue weighted by atomic mass is 10.1. The summed E-state index contributed by atoms with van der Waals surface area (Å²) in [5.41, 5.74) is 0. The molecule has 0 aromatic rings. The monoisotopic (exact) mass is 231 g/mol. The zero-order chi connectivity index (χ0) is 12.6. The Balaban J connectivity index is 4.02. The van der Waals surface area contributed by atoms with Crippen LogP contribution in [0.2, 0.25) is 0 Å². The Morgan fingerprint density at radius 1 is 1.19 bits per heavy atom. The van der Waals surface area contributed by atoms with E-state index in [9.17, 15) is 14.4 Å². The molecule has 0 spiro atoms. The maximum Gasteiger partial charge on any atom is 0.326 e. The first-order chi connectivity index (χ1) is 7.47. The van der Waals surface area contributed by atoms with Gasteiger partial charge in [-0.25, -0.2) is 4.79 Å². The first-order valence-electron chi connectivity index (χ1n) is 5.21. The molecule has 0 fully saturated rings. The van der Waals surface area contributed by atoms with E-state index in [2.05, 4.69) is 5.32 Å². The summed E-state index contributed by atoms with van der Waals surface area (Å²) < 4.78 is 0. The van der Waals surface area contributed by atoms with Crippen LogP contribution in [0.1, 0.15) is 39.0 Å². The molecule has 0 saturated carbocycles. The number of rotatable bonds is 8. The third-order valence-corrected chi connectivity index (χ3v) is 1.99. The molecule has 0 aliphatic rings. The Morgan fingerprint density at radius 3 is 2.25 bits per heavy atom. The van der Waals surface area contributed by atoms with Gasteiger partial charge < -0.3 is 15.5 Å². The largest absolute Gasteiger partial charge is 0.481 e. The minimum Gasteiger partial charge on any atom is -0.481 e. The van der Waals surface area contributed by atoms with E-state index < -0.39 is 18.0 Å². The van der Waals surface area contributed by atoms with Gasteiger partial charge in [0.2, 0.25) is 5.91 Å². The molecule has 16 heavy (non-hydrogen) atoms. The van der Waals surface area contributed by atoms with Crippen LogP contribution in [0, 0.1) is 0 Å². The molecule has 1 amide bonds. The Hall–Kier alpha value is -1.59. The maximum absolute atomic E-state index is 11.2. The number of nitrogens with one attached hydrogen (secondary N) is 1. The van der Waals surface area contributed by atoms with Crippen LogP contribution < -0.4 is 5.32 Å². The predicted molar refractivity (Wildman–Crippen MR) is 56.0 cm³/mol. The summed E-state index contributed by atoms with van der Waals surface area (Å²) in [6, 6.07) is -0.988. The molecule has 0 rings (SSSR count). The van der Waals surface area contributed by atoms with Gasteiger partial charge in [-0.1, -0.05) is 6.92 Å². The normalized spacial score (nSPS) is 11.8. The van der Waals surface area contributed by atoms with E-state index in [0.717, 1.165) is 0 Å². The minimum absolute atomic E-state index is 0.0899. The third kappa shape index (κ3) is 6.80. The lowest BCUT2D eigenvalue weighted by Gasteiger charge is -2.13. The molecule has 0 bridgehead atoms. The molecule has 0 heterocycles. The summed E-state index contributed by atoms with van der Waals surface area (Å²) in [5, 5.41) is 19.5. The Kier molecular flexibility index (Phi) is 6.91. The molecular weight excluding hydrogens is 214 g/mol. The standard InChI is InChI=1S/C10H17NO5/c1-2-4-8(12)11-7(10(15)16)5-3-6-9(13)14/h7H,2-6H2,1H3,(H,11,12)(H,13,14)(H,15,16)/t7-/m1/s1. The van der Waals surface area contributed by atoms with E-state index in [1.165, 1.54) is 0 Å². The van der Waals surface area contributed by atoms with Gasteiger partial charge in [0.1, 0.15) is 6.04 Å². The van der Waals surface area contributed by atoms with E-state index >= 15 is 0 Å². The summed E-state index contributed by atoms with van der Waals surface area (Å²) >= 11 is 0. The average molecular weight is 231 g/mol. The fourth-order valence-corrected chi connectivity index (χ4v) is 1.21. The number of hydrogen-bond acceptors (Lipinski definition) is 3. The topological polar surface area (TPSA) is 104 Å². The van der Waals surface area contributed by atoms with Crippen LogP contribution >= 0.6 is 0 Å². The van der Waals surface area contributed by atoms with Gasteiger partial charge >= 0.3 is 11.9 Å². The van der Waals surface area contributed by atoms with Crippen molar-refractivity contribution in [3.8, 4) is 0 Å². The Labute approximate surface area is 93.6 Å². The van der Waals surface area contributed by atoms with E-state index in [0.29, 0.717) is 6.42 Å². The number of carbonyl (C=O) groups excluding carboxylic acids is 1. The number of carbonyl (C=O) groups is 3. The van der Waals surface area contributed by atoms with E-state index in [-0.39, 0.29) is 31.6 Å². The van der Waals surface area contributed by atoms with E-state index in [1.54, 1.807) is 0 Å². The highest BCUT2D eigenvalue weighted by atomic mass is 16.4. The summed E-state index contributed by atoms with van der Waals surface area (Å²) in [6.07, 6.45) is 1.21. The van der Waals surface area contributed by atoms with Crippen molar-refractivity contribution < 1.29 is 24.6 Å². The Morgan fingerprint density at radius 2 is 1.81 bits per heavy atom. The zero-order valence-electron chi connectivity index (χ0n) is 9.23. The van der Waals surface area contributed by atoms with Crippen LogP contribution in [0.25, 0.3) is 0 Å².